The first-order valence-electron chi connectivity index (χ1n) is 9.90. The molecule has 7 nitrogen and oxygen atoms in total. The number of benzene rings is 1. The molecule has 3 aromatic rings. The summed E-state index contributed by atoms with van der Waals surface area (Å²) < 4.78 is 5.51. The second-order valence-corrected chi connectivity index (χ2v) is 7.04. The summed E-state index contributed by atoms with van der Waals surface area (Å²) in [6.07, 6.45) is 6.49. The number of hydrogen-bond donors (Lipinski definition) is 1. The summed E-state index contributed by atoms with van der Waals surface area (Å²) in [6, 6.07) is 13.1. The minimum Gasteiger partial charge on any atom is -0.507 e. The molecule has 156 valence electrons. The van der Waals surface area contributed by atoms with E-state index in [-0.39, 0.29) is 17.9 Å². The number of carbonyl (C=O) groups excluding carboxylic acids is 2. The molecular formula is C24H21N3O4. The highest BCUT2D eigenvalue weighted by atomic mass is 16.5. The first kappa shape index (κ1) is 20.3. The number of likely N-dealkylation sites (tertiary alicyclic amines) is 1. The van der Waals surface area contributed by atoms with Crippen molar-refractivity contribution in [2.45, 2.75) is 19.5 Å². The summed E-state index contributed by atoms with van der Waals surface area (Å²) in [6.45, 7) is 2.50. The molecule has 7 heteroatoms. The normalized spacial score (nSPS) is 17.7. The zero-order chi connectivity index (χ0) is 21.8. The van der Waals surface area contributed by atoms with Crippen LogP contribution in [0.1, 0.15) is 29.7 Å². The van der Waals surface area contributed by atoms with Crippen molar-refractivity contribution in [1.29, 1.82) is 0 Å². The average Bonchev–Trinajstić information content (AvgIpc) is 3.05. The Hall–Kier alpha value is -4.00. The molecule has 1 saturated heterocycles. The van der Waals surface area contributed by atoms with Gasteiger partial charge in [-0.2, -0.15) is 0 Å². The van der Waals surface area contributed by atoms with E-state index >= 15 is 0 Å². The Bertz CT molecular complexity index is 1130. The molecule has 0 spiro atoms. The van der Waals surface area contributed by atoms with Crippen molar-refractivity contribution in [3.8, 4) is 5.75 Å². The van der Waals surface area contributed by atoms with Crippen LogP contribution >= 0.6 is 0 Å². The number of Topliss-reactive ketones (excluding diaryl/α,β-unsaturated/α-hetero) is 1. The molecule has 4 rings (SSSR count). The highest BCUT2D eigenvalue weighted by Gasteiger charge is 2.46. The summed E-state index contributed by atoms with van der Waals surface area (Å²) in [5.41, 5.74) is 1.83. The van der Waals surface area contributed by atoms with Gasteiger partial charge in [0.25, 0.3) is 11.7 Å². The number of carbonyl (C=O) groups is 2. The highest BCUT2D eigenvalue weighted by Crippen LogP contribution is 2.40. The summed E-state index contributed by atoms with van der Waals surface area (Å²) >= 11 is 0. The van der Waals surface area contributed by atoms with Gasteiger partial charge in [-0.25, -0.2) is 0 Å². The molecule has 0 aliphatic carbocycles. The van der Waals surface area contributed by atoms with Crippen molar-refractivity contribution >= 4 is 17.4 Å². The molecule has 31 heavy (non-hydrogen) atoms. The molecule has 1 atom stereocenters. The quantitative estimate of drug-likeness (QED) is 0.376. The second kappa shape index (κ2) is 8.79. The van der Waals surface area contributed by atoms with Crippen LogP contribution in [-0.2, 0) is 16.1 Å². The monoisotopic (exact) mass is 415 g/mol. The van der Waals surface area contributed by atoms with Crippen LogP contribution in [0.2, 0.25) is 0 Å². The van der Waals surface area contributed by atoms with Gasteiger partial charge in [-0.05, 0) is 42.3 Å². The van der Waals surface area contributed by atoms with E-state index in [9.17, 15) is 14.7 Å². The van der Waals surface area contributed by atoms with E-state index in [0.29, 0.717) is 23.5 Å². The van der Waals surface area contributed by atoms with Crippen LogP contribution < -0.4 is 4.74 Å². The molecule has 1 aromatic carbocycles. The Balaban J connectivity index is 1.83. The third-order valence-electron chi connectivity index (χ3n) is 5.03. The van der Waals surface area contributed by atoms with E-state index in [1.165, 1.54) is 4.90 Å². The molecule has 2 aromatic heterocycles. The van der Waals surface area contributed by atoms with Gasteiger partial charge in [0.05, 0.1) is 18.2 Å². The van der Waals surface area contributed by atoms with Crippen LogP contribution in [0.25, 0.3) is 5.76 Å². The lowest BCUT2D eigenvalue weighted by Gasteiger charge is -2.25. The zero-order valence-corrected chi connectivity index (χ0v) is 16.9. The fraction of sp³-hybridized carbons (Fsp3) is 0.167. The van der Waals surface area contributed by atoms with Crippen molar-refractivity contribution in [2.24, 2.45) is 0 Å². The maximum atomic E-state index is 13.0. The maximum Gasteiger partial charge on any atom is 0.295 e. The standard InChI is InChI=1S/C24H21N3O4/c1-2-31-19-9-3-7-17(12-19)22(28)20-21(18-8-5-11-26-14-18)27(24(30)23(20)29)15-16-6-4-10-25-13-16/h3-14,21,28H,2,15H2,1H3/t21-/m0/s1. The number of hydrogen-bond acceptors (Lipinski definition) is 6. The van der Waals surface area contributed by atoms with Crippen LogP contribution in [-0.4, -0.2) is 38.3 Å². The van der Waals surface area contributed by atoms with Gasteiger partial charge in [0, 0.05) is 36.9 Å². The number of ketones is 1. The number of pyridine rings is 2. The van der Waals surface area contributed by atoms with Gasteiger partial charge in [-0.3, -0.25) is 19.6 Å². The first-order valence-corrected chi connectivity index (χ1v) is 9.90. The fourth-order valence-corrected chi connectivity index (χ4v) is 3.67. The fourth-order valence-electron chi connectivity index (χ4n) is 3.67. The van der Waals surface area contributed by atoms with Gasteiger partial charge in [-0.15, -0.1) is 0 Å². The number of aromatic nitrogens is 2. The number of aliphatic hydroxyl groups is 1. The lowest BCUT2D eigenvalue weighted by atomic mass is 9.96. The average molecular weight is 415 g/mol. The molecule has 1 aliphatic rings. The lowest BCUT2D eigenvalue weighted by molar-refractivity contribution is -0.140. The Morgan fingerprint density at radius 1 is 1.06 bits per heavy atom. The van der Waals surface area contributed by atoms with E-state index in [2.05, 4.69) is 9.97 Å². The number of ether oxygens (including phenoxy) is 1. The molecule has 0 radical (unpaired) electrons. The molecule has 0 saturated carbocycles. The molecule has 1 fully saturated rings. The van der Waals surface area contributed by atoms with Crippen LogP contribution in [0.4, 0.5) is 0 Å². The minimum absolute atomic E-state index is 0.0236. The van der Waals surface area contributed by atoms with Gasteiger partial charge in [0.15, 0.2) is 0 Å². The lowest BCUT2D eigenvalue weighted by Crippen LogP contribution is -2.29. The van der Waals surface area contributed by atoms with Crippen molar-refractivity contribution in [3.05, 3.63) is 95.6 Å². The largest absolute Gasteiger partial charge is 0.507 e. The van der Waals surface area contributed by atoms with Crippen molar-refractivity contribution < 1.29 is 19.4 Å². The summed E-state index contributed by atoms with van der Waals surface area (Å²) in [4.78, 5) is 35.7. The van der Waals surface area contributed by atoms with E-state index < -0.39 is 17.7 Å². The Kier molecular flexibility index (Phi) is 5.75. The molecule has 1 N–H and O–H groups in total. The van der Waals surface area contributed by atoms with E-state index in [4.69, 9.17) is 4.74 Å². The molecule has 1 aliphatic heterocycles. The predicted octanol–water partition coefficient (Wildman–Crippen LogP) is 3.50. The van der Waals surface area contributed by atoms with Gasteiger partial charge < -0.3 is 14.7 Å². The summed E-state index contributed by atoms with van der Waals surface area (Å²) in [7, 11) is 0. The molecule has 0 bridgehead atoms. The Morgan fingerprint density at radius 2 is 1.84 bits per heavy atom. The summed E-state index contributed by atoms with van der Waals surface area (Å²) in [5, 5.41) is 11.1. The SMILES string of the molecule is CCOc1cccc(C(O)=C2C(=O)C(=O)N(Cc3cccnc3)[C@H]2c2cccnc2)c1. The van der Waals surface area contributed by atoms with Crippen LogP contribution in [0.3, 0.4) is 0 Å². The van der Waals surface area contributed by atoms with Gasteiger partial charge in [0.1, 0.15) is 11.5 Å². The number of rotatable bonds is 6. The molecule has 1 amide bonds. The van der Waals surface area contributed by atoms with Crippen LogP contribution in [0, 0.1) is 0 Å². The number of aliphatic hydroxyl groups excluding tert-OH is 1. The topological polar surface area (TPSA) is 92.6 Å². The van der Waals surface area contributed by atoms with Crippen molar-refractivity contribution in [3.63, 3.8) is 0 Å². The minimum atomic E-state index is -0.773. The van der Waals surface area contributed by atoms with E-state index in [1.807, 2.05) is 13.0 Å². The molecule has 3 heterocycles. The van der Waals surface area contributed by atoms with E-state index in [0.717, 1.165) is 5.56 Å². The summed E-state index contributed by atoms with van der Waals surface area (Å²) in [5.74, 6) is -1.10. The Labute approximate surface area is 179 Å². The molecule has 0 unspecified atom stereocenters. The smallest absolute Gasteiger partial charge is 0.295 e. The van der Waals surface area contributed by atoms with Gasteiger partial charge in [0.2, 0.25) is 0 Å². The number of nitrogens with zero attached hydrogens (tertiary/aromatic N) is 3. The Morgan fingerprint density at radius 3 is 2.52 bits per heavy atom. The second-order valence-electron chi connectivity index (χ2n) is 7.04. The first-order chi connectivity index (χ1) is 15.1. The van der Waals surface area contributed by atoms with Crippen molar-refractivity contribution in [1.82, 2.24) is 14.9 Å². The number of amides is 1. The van der Waals surface area contributed by atoms with Gasteiger partial charge >= 0.3 is 0 Å². The third kappa shape index (κ3) is 4.02. The molecular weight excluding hydrogens is 394 g/mol. The van der Waals surface area contributed by atoms with E-state index in [1.54, 1.807) is 67.3 Å². The van der Waals surface area contributed by atoms with Crippen molar-refractivity contribution in [2.75, 3.05) is 6.61 Å². The maximum absolute atomic E-state index is 13.0. The van der Waals surface area contributed by atoms with Crippen LogP contribution in [0.15, 0.2) is 78.9 Å². The van der Waals surface area contributed by atoms with Crippen LogP contribution in [0.5, 0.6) is 5.75 Å². The third-order valence-corrected chi connectivity index (χ3v) is 5.03. The zero-order valence-electron chi connectivity index (χ0n) is 16.9. The predicted molar refractivity (Wildman–Crippen MR) is 114 cm³/mol. The van der Waals surface area contributed by atoms with Gasteiger partial charge in [-0.1, -0.05) is 24.3 Å². The highest BCUT2D eigenvalue weighted by molar-refractivity contribution is 6.46.